The van der Waals surface area contributed by atoms with E-state index in [4.69, 9.17) is 28.2 Å². The molecule has 0 spiro atoms. The van der Waals surface area contributed by atoms with Crippen LogP contribution in [-0.4, -0.2) is 15.0 Å². The molecule has 0 unspecified atom stereocenters. The molecule has 6 aromatic carbocycles. The van der Waals surface area contributed by atoms with Gasteiger partial charge in [0.1, 0.15) is 33.9 Å². The molecule has 11 rings (SSSR count). The van der Waals surface area contributed by atoms with Crippen molar-refractivity contribution >= 4 is 43.9 Å². The van der Waals surface area contributed by atoms with Crippen LogP contribution in [0.5, 0.6) is 0 Å². The minimum absolute atomic E-state index is 0.148. The Morgan fingerprint density at radius 3 is 1.56 bits per heavy atom. The van der Waals surface area contributed by atoms with E-state index in [0.29, 0.717) is 17.5 Å². The molecule has 0 radical (unpaired) electrons. The molecule has 52 heavy (non-hydrogen) atoms. The van der Waals surface area contributed by atoms with Gasteiger partial charge in [-0.2, -0.15) is 0 Å². The fourth-order valence-electron chi connectivity index (χ4n) is 7.87. The molecule has 6 nitrogen and oxygen atoms in total. The van der Waals surface area contributed by atoms with Crippen molar-refractivity contribution in [1.29, 1.82) is 0 Å². The maximum Gasteiger partial charge on any atom is 0.164 e. The van der Waals surface area contributed by atoms with Crippen molar-refractivity contribution in [3.05, 3.63) is 151 Å². The topological polar surface area (TPSA) is 78.1 Å². The van der Waals surface area contributed by atoms with Gasteiger partial charge < -0.3 is 13.3 Å². The van der Waals surface area contributed by atoms with E-state index < -0.39 is 0 Å². The van der Waals surface area contributed by atoms with E-state index in [0.717, 1.165) is 83.2 Å². The summed E-state index contributed by atoms with van der Waals surface area (Å²) in [6, 6.07) is 47.4. The van der Waals surface area contributed by atoms with Crippen LogP contribution in [-0.2, 0) is 5.41 Å². The Balaban J connectivity index is 1.07. The van der Waals surface area contributed by atoms with Gasteiger partial charge in [-0.1, -0.05) is 105 Å². The number of rotatable bonds is 4. The number of nitrogens with zero attached hydrogens (tertiary/aromatic N) is 3. The second-order valence-corrected chi connectivity index (χ2v) is 14.0. The lowest BCUT2D eigenvalue weighted by atomic mass is 9.83. The van der Waals surface area contributed by atoms with Crippen molar-refractivity contribution in [1.82, 2.24) is 15.0 Å². The molecule has 10 aromatic rings. The average molecular weight is 672 g/mol. The predicted molar refractivity (Wildman–Crippen MR) is 206 cm³/mol. The summed E-state index contributed by atoms with van der Waals surface area (Å²) in [4.78, 5) is 15.2. The lowest BCUT2D eigenvalue weighted by Gasteiger charge is -2.19. The van der Waals surface area contributed by atoms with Gasteiger partial charge in [0.25, 0.3) is 0 Å². The van der Waals surface area contributed by atoms with Crippen molar-refractivity contribution in [2.75, 3.05) is 0 Å². The van der Waals surface area contributed by atoms with E-state index in [2.05, 4.69) is 92.7 Å². The van der Waals surface area contributed by atoms with E-state index in [9.17, 15) is 0 Å². The van der Waals surface area contributed by atoms with Crippen molar-refractivity contribution in [3.8, 4) is 56.8 Å². The van der Waals surface area contributed by atoms with E-state index in [1.54, 1.807) is 0 Å². The van der Waals surface area contributed by atoms with Crippen molar-refractivity contribution < 1.29 is 13.3 Å². The van der Waals surface area contributed by atoms with E-state index in [-0.39, 0.29) is 5.41 Å². The van der Waals surface area contributed by atoms with Crippen LogP contribution < -0.4 is 0 Å². The number of hydrogen-bond acceptors (Lipinski definition) is 6. The molecule has 246 valence electrons. The minimum Gasteiger partial charge on any atom is -0.456 e. The summed E-state index contributed by atoms with van der Waals surface area (Å²) in [6.45, 7) is 4.51. The van der Waals surface area contributed by atoms with Gasteiger partial charge in [-0.15, -0.1) is 0 Å². The minimum atomic E-state index is -0.148. The molecule has 0 aliphatic heterocycles. The van der Waals surface area contributed by atoms with Crippen LogP contribution in [0.1, 0.15) is 25.0 Å². The Morgan fingerprint density at radius 1 is 0.404 bits per heavy atom. The molecule has 0 saturated heterocycles. The van der Waals surface area contributed by atoms with Gasteiger partial charge in [0.05, 0.1) is 0 Å². The van der Waals surface area contributed by atoms with Crippen molar-refractivity contribution in [3.63, 3.8) is 0 Å². The van der Waals surface area contributed by atoms with E-state index in [1.807, 2.05) is 60.7 Å². The molecule has 1 aliphatic rings. The third-order valence-electron chi connectivity index (χ3n) is 10.6. The number of aromatic nitrogens is 3. The smallest absolute Gasteiger partial charge is 0.164 e. The summed E-state index contributed by atoms with van der Waals surface area (Å²) in [5.74, 6) is 3.41. The first-order valence-corrected chi connectivity index (χ1v) is 17.4. The summed E-state index contributed by atoms with van der Waals surface area (Å²) in [5, 5.41) is 4.25. The van der Waals surface area contributed by atoms with Gasteiger partial charge in [0.2, 0.25) is 0 Å². The van der Waals surface area contributed by atoms with Crippen LogP contribution in [0.2, 0.25) is 0 Å². The van der Waals surface area contributed by atoms with Crippen LogP contribution >= 0.6 is 0 Å². The third-order valence-corrected chi connectivity index (χ3v) is 10.6. The first-order valence-electron chi connectivity index (χ1n) is 17.4. The van der Waals surface area contributed by atoms with Gasteiger partial charge in [-0.3, -0.25) is 0 Å². The summed E-state index contributed by atoms with van der Waals surface area (Å²) in [5.41, 5.74) is 10.2. The number of fused-ring (bicyclic) bond motifs is 9. The highest BCUT2D eigenvalue weighted by Crippen LogP contribution is 2.51. The van der Waals surface area contributed by atoms with Gasteiger partial charge >= 0.3 is 0 Å². The highest BCUT2D eigenvalue weighted by Gasteiger charge is 2.38. The molecule has 0 saturated carbocycles. The highest BCUT2D eigenvalue weighted by molar-refractivity contribution is 6.06. The molecule has 0 bridgehead atoms. The summed E-state index contributed by atoms with van der Waals surface area (Å²) in [6.07, 6.45) is 0. The molecular weight excluding hydrogens is 643 g/mol. The van der Waals surface area contributed by atoms with Crippen LogP contribution in [0.3, 0.4) is 0 Å². The second-order valence-electron chi connectivity index (χ2n) is 14.0. The fourth-order valence-corrected chi connectivity index (χ4v) is 7.87. The summed E-state index contributed by atoms with van der Waals surface area (Å²) in [7, 11) is 0. The monoisotopic (exact) mass is 671 g/mol. The number of para-hydroxylation sites is 2. The quantitative estimate of drug-likeness (QED) is 0.185. The van der Waals surface area contributed by atoms with Gasteiger partial charge in [-0.05, 0) is 54.1 Å². The fraction of sp³-hybridized carbons (Fsp3) is 0.0652. The van der Waals surface area contributed by atoms with E-state index in [1.165, 1.54) is 11.1 Å². The summed E-state index contributed by atoms with van der Waals surface area (Å²) < 4.78 is 19.1. The van der Waals surface area contributed by atoms with Crippen molar-refractivity contribution in [2.24, 2.45) is 0 Å². The first-order chi connectivity index (χ1) is 25.5. The molecule has 0 fully saturated rings. The number of furan rings is 3. The SMILES string of the molecule is CC1(C)c2ccccc2-c2oc(-c3cccc(-c4nc(-c5ccc6c(c5)oc5ccccc56)nc(-c5ccc6c(c5)oc5ccccc56)n4)c3)cc21. The van der Waals surface area contributed by atoms with Gasteiger partial charge in [0.15, 0.2) is 17.5 Å². The zero-order valence-corrected chi connectivity index (χ0v) is 28.3. The Labute approximate surface area is 298 Å². The Bertz CT molecular complexity index is 2940. The highest BCUT2D eigenvalue weighted by atomic mass is 16.3. The van der Waals surface area contributed by atoms with Crippen molar-refractivity contribution in [2.45, 2.75) is 19.3 Å². The Morgan fingerprint density at radius 2 is 0.923 bits per heavy atom. The predicted octanol–water partition coefficient (Wildman–Crippen LogP) is 12.2. The van der Waals surface area contributed by atoms with Crippen LogP contribution in [0, 0.1) is 0 Å². The molecule has 0 N–H and O–H groups in total. The van der Waals surface area contributed by atoms with E-state index >= 15 is 0 Å². The van der Waals surface area contributed by atoms with Gasteiger partial charge in [-0.25, -0.2) is 15.0 Å². The Kier molecular flexibility index (Phi) is 5.91. The van der Waals surface area contributed by atoms with Crippen LogP contribution in [0.25, 0.3) is 101 Å². The lowest BCUT2D eigenvalue weighted by Crippen LogP contribution is -2.14. The van der Waals surface area contributed by atoms with Crippen LogP contribution in [0.4, 0.5) is 0 Å². The molecule has 6 heteroatoms. The molecule has 1 aliphatic carbocycles. The zero-order chi connectivity index (χ0) is 34.6. The molecular formula is C46H29N3O3. The normalized spacial score (nSPS) is 13.3. The molecule has 0 atom stereocenters. The zero-order valence-electron chi connectivity index (χ0n) is 28.3. The van der Waals surface area contributed by atoms with Crippen LogP contribution in [0.15, 0.2) is 153 Å². The third kappa shape index (κ3) is 4.27. The largest absolute Gasteiger partial charge is 0.456 e. The molecule has 4 heterocycles. The standard InChI is InChI=1S/C46H29N3O3/c1-46(2)35-15-6-3-14-34(35)42-36(46)25-39(52-42)26-10-9-11-27(22-26)43-47-44(28-18-20-32-30-12-4-7-16-37(30)50-40(32)23-28)49-45(48-43)29-19-21-33-31-13-5-8-17-38(31)51-41(33)24-29/h3-25H,1-2H3. The summed E-state index contributed by atoms with van der Waals surface area (Å²) >= 11 is 0. The molecule has 0 amide bonds. The maximum absolute atomic E-state index is 6.61. The maximum atomic E-state index is 6.61. The lowest BCUT2D eigenvalue weighted by molar-refractivity contribution is 0.593. The number of benzene rings is 6. The van der Waals surface area contributed by atoms with Gasteiger partial charge in [0, 0.05) is 60.3 Å². The average Bonchev–Trinajstić information content (AvgIpc) is 3.94. The number of hydrogen-bond donors (Lipinski definition) is 0. The Hall–Kier alpha value is -6.79. The second kappa shape index (κ2) is 10.6. The first kappa shape index (κ1) is 29.0. The molecule has 4 aromatic heterocycles.